The lowest BCUT2D eigenvalue weighted by Crippen LogP contribution is -2.20. The molecule has 0 aliphatic carbocycles. The van der Waals surface area contributed by atoms with E-state index < -0.39 is 10.8 Å². The van der Waals surface area contributed by atoms with Gasteiger partial charge in [0.25, 0.3) is 0 Å². The van der Waals surface area contributed by atoms with Crippen LogP contribution in [0, 0.1) is 0 Å². The van der Waals surface area contributed by atoms with E-state index in [1.54, 1.807) is 36.4 Å². The Morgan fingerprint density at radius 2 is 2.05 bits per heavy atom. The number of halogens is 2. The number of carbonyl (C=O) groups is 1. The molecule has 0 saturated carbocycles. The van der Waals surface area contributed by atoms with Gasteiger partial charge in [0, 0.05) is 14.4 Å². The van der Waals surface area contributed by atoms with Crippen LogP contribution in [0.2, 0.25) is 5.02 Å². The van der Waals surface area contributed by atoms with Crippen LogP contribution in [0.25, 0.3) is 0 Å². The Balaban J connectivity index is 2.05. The monoisotopic (exact) mass is 386 g/mol. The highest BCUT2D eigenvalue weighted by Gasteiger charge is 2.12. The van der Waals surface area contributed by atoms with Gasteiger partial charge in [-0.2, -0.15) is 0 Å². The summed E-state index contributed by atoms with van der Waals surface area (Å²) in [4.78, 5) is 12.5. The molecule has 0 aromatic heterocycles. The van der Waals surface area contributed by atoms with E-state index in [2.05, 4.69) is 21.2 Å². The maximum atomic E-state index is 12.1. The molecule has 1 unspecified atom stereocenters. The Kier molecular flexibility index (Phi) is 5.39. The smallest absolute Gasteiger partial charge is 0.237 e. The second-order valence-corrected chi connectivity index (χ2v) is 7.03. The first-order valence-electron chi connectivity index (χ1n) is 5.94. The summed E-state index contributed by atoms with van der Waals surface area (Å²) < 4.78 is 12.9. The lowest BCUT2D eigenvalue weighted by molar-refractivity contribution is -0.113. The van der Waals surface area contributed by atoms with Gasteiger partial charge in [-0.25, -0.2) is 0 Å². The average Bonchev–Trinajstić information content (AvgIpc) is 2.42. The first kappa shape index (κ1) is 16.0. The lowest BCUT2D eigenvalue weighted by atomic mass is 10.2. The number of nitrogens with two attached hydrogens (primary N) is 1. The van der Waals surface area contributed by atoms with Gasteiger partial charge in [0.05, 0.1) is 22.2 Å². The summed E-state index contributed by atoms with van der Waals surface area (Å²) in [5.74, 6) is -0.537. The molecule has 110 valence electrons. The second kappa shape index (κ2) is 7.06. The van der Waals surface area contributed by atoms with Crippen LogP contribution in [0.4, 0.5) is 11.4 Å². The molecule has 3 N–H and O–H groups in total. The number of carbonyl (C=O) groups excluding carboxylic acids is 1. The Morgan fingerprint density at radius 3 is 2.76 bits per heavy atom. The summed E-state index contributed by atoms with van der Waals surface area (Å²) >= 11 is 9.15. The van der Waals surface area contributed by atoms with Crippen molar-refractivity contribution in [1.29, 1.82) is 0 Å². The van der Waals surface area contributed by atoms with Crippen LogP contribution in [0.1, 0.15) is 0 Å². The maximum Gasteiger partial charge on any atom is 0.237 e. The third-order valence-corrected chi connectivity index (χ3v) is 4.64. The van der Waals surface area contributed by atoms with E-state index in [1.165, 1.54) is 0 Å². The topological polar surface area (TPSA) is 72.2 Å². The molecular formula is C14H12BrClN2O2S. The van der Waals surface area contributed by atoms with Crippen molar-refractivity contribution in [2.24, 2.45) is 0 Å². The number of anilines is 2. The predicted octanol–water partition coefficient (Wildman–Crippen LogP) is 3.43. The van der Waals surface area contributed by atoms with Gasteiger partial charge in [0.15, 0.2) is 0 Å². The molecule has 0 radical (unpaired) electrons. The molecular weight excluding hydrogens is 376 g/mol. The Bertz CT molecular complexity index is 709. The highest BCUT2D eigenvalue weighted by atomic mass is 79.9. The van der Waals surface area contributed by atoms with E-state index >= 15 is 0 Å². The molecule has 0 spiro atoms. The maximum absolute atomic E-state index is 12.1. The first-order valence-corrected chi connectivity index (χ1v) is 8.43. The van der Waals surface area contributed by atoms with E-state index in [9.17, 15) is 9.00 Å². The van der Waals surface area contributed by atoms with E-state index in [-0.39, 0.29) is 11.7 Å². The van der Waals surface area contributed by atoms with Crippen molar-refractivity contribution in [2.75, 3.05) is 16.8 Å². The Labute approximate surface area is 138 Å². The van der Waals surface area contributed by atoms with Gasteiger partial charge in [0.2, 0.25) is 5.91 Å². The van der Waals surface area contributed by atoms with Crippen LogP contribution in [-0.2, 0) is 15.6 Å². The van der Waals surface area contributed by atoms with Crippen LogP contribution in [0.15, 0.2) is 51.8 Å². The molecule has 0 fully saturated rings. The number of benzene rings is 2. The number of rotatable bonds is 4. The van der Waals surface area contributed by atoms with Gasteiger partial charge in [-0.3, -0.25) is 9.00 Å². The molecule has 7 heteroatoms. The van der Waals surface area contributed by atoms with Crippen molar-refractivity contribution in [3.63, 3.8) is 0 Å². The quantitative estimate of drug-likeness (QED) is 0.789. The number of nitrogen functional groups attached to an aromatic ring is 1. The zero-order valence-corrected chi connectivity index (χ0v) is 14.0. The van der Waals surface area contributed by atoms with Crippen molar-refractivity contribution >= 4 is 55.6 Å². The van der Waals surface area contributed by atoms with Crippen molar-refractivity contribution in [2.45, 2.75) is 4.90 Å². The van der Waals surface area contributed by atoms with Crippen molar-refractivity contribution < 1.29 is 9.00 Å². The molecule has 4 nitrogen and oxygen atoms in total. The fourth-order valence-electron chi connectivity index (χ4n) is 1.63. The minimum atomic E-state index is -1.43. The second-order valence-electron chi connectivity index (χ2n) is 4.23. The molecule has 0 aliphatic heterocycles. The highest BCUT2D eigenvalue weighted by Crippen LogP contribution is 2.23. The van der Waals surface area contributed by atoms with Crippen LogP contribution < -0.4 is 11.1 Å². The molecule has 0 aliphatic rings. The first-order chi connectivity index (χ1) is 9.95. The third kappa shape index (κ3) is 4.56. The van der Waals surface area contributed by atoms with Gasteiger partial charge < -0.3 is 11.1 Å². The minimum absolute atomic E-state index is 0.150. The zero-order valence-electron chi connectivity index (χ0n) is 10.8. The fraction of sp³-hybridized carbons (Fsp3) is 0.0714. The minimum Gasteiger partial charge on any atom is -0.397 e. The zero-order chi connectivity index (χ0) is 15.4. The van der Waals surface area contributed by atoms with Crippen molar-refractivity contribution in [1.82, 2.24) is 0 Å². The summed E-state index contributed by atoms with van der Waals surface area (Å²) in [5, 5.41) is 3.08. The average molecular weight is 388 g/mol. The van der Waals surface area contributed by atoms with Gasteiger partial charge in [-0.15, -0.1) is 0 Å². The molecule has 2 aromatic carbocycles. The predicted molar refractivity (Wildman–Crippen MR) is 89.9 cm³/mol. The summed E-state index contributed by atoms with van der Waals surface area (Å²) in [6, 6.07) is 11.8. The van der Waals surface area contributed by atoms with Crippen LogP contribution in [-0.4, -0.2) is 15.9 Å². The van der Waals surface area contributed by atoms with Gasteiger partial charge >= 0.3 is 0 Å². The van der Waals surface area contributed by atoms with Gasteiger partial charge in [-0.1, -0.05) is 33.6 Å². The van der Waals surface area contributed by atoms with E-state index in [4.69, 9.17) is 17.3 Å². The molecule has 21 heavy (non-hydrogen) atoms. The molecule has 2 aromatic rings. The molecule has 0 saturated heterocycles. The molecule has 0 bridgehead atoms. The number of nitrogens with one attached hydrogen (secondary N) is 1. The molecule has 0 heterocycles. The van der Waals surface area contributed by atoms with Crippen LogP contribution >= 0.6 is 27.5 Å². The molecule has 2 rings (SSSR count). The standard InChI is InChI=1S/C14H12BrClN2O2S/c15-9-2-1-3-11(6-9)21(20)8-14(19)18-13-7-10(16)4-5-12(13)17/h1-7H,8,17H2,(H,18,19). The summed E-state index contributed by atoms with van der Waals surface area (Å²) in [6.45, 7) is 0. The lowest BCUT2D eigenvalue weighted by Gasteiger charge is -2.08. The Morgan fingerprint density at radius 1 is 1.29 bits per heavy atom. The summed E-state index contributed by atoms with van der Waals surface area (Å²) in [7, 11) is -1.43. The number of hydrogen-bond donors (Lipinski definition) is 2. The van der Waals surface area contributed by atoms with Gasteiger partial charge in [-0.05, 0) is 36.4 Å². The highest BCUT2D eigenvalue weighted by molar-refractivity contribution is 9.10. The number of hydrogen-bond acceptors (Lipinski definition) is 3. The van der Waals surface area contributed by atoms with Gasteiger partial charge in [0.1, 0.15) is 5.75 Å². The third-order valence-electron chi connectivity index (χ3n) is 2.61. The summed E-state index contributed by atoms with van der Waals surface area (Å²) in [5.41, 5.74) is 6.56. The Hall–Kier alpha value is -1.37. The van der Waals surface area contributed by atoms with Crippen molar-refractivity contribution in [3.8, 4) is 0 Å². The van der Waals surface area contributed by atoms with E-state index in [0.717, 1.165) is 4.47 Å². The van der Waals surface area contributed by atoms with Crippen molar-refractivity contribution in [3.05, 3.63) is 52.0 Å². The summed E-state index contributed by atoms with van der Waals surface area (Å²) in [6.07, 6.45) is 0. The normalized spacial score (nSPS) is 11.9. The molecule has 1 atom stereocenters. The molecule has 1 amide bonds. The number of amides is 1. The van der Waals surface area contributed by atoms with E-state index in [0.29, 0.717) is 21.3 Å². The van der Waals surface area contributed by atoms with Crippen LogP contribution in [0.5, 0.6) is 0 Å². The SMILES string of the molecule is Nc1ccc(Cl)cc1NC(=O)CS(=O)c1cccc(Br)c1. The van der Waals surface area contributed by atoms with E-state index in [1.807, 2.05) is 6.07 Å². The largest absolute Gasteiger partial charge is 0.397 e. The van der Waals surface area contributed by atoms with Crippen LogP contribution in [0.3, 0.4) is 0 Å². The fourth-order valence-corrected chi connectivity index (χ4v) is 3.32.